The Bertz CT molecular complexity index is 476. The highest BCUT2D eigenvalue weighted by Gasteiger charge is 2.08. The molecule has 0 spiro atoms. The van der Waals surface area contributed by atoms with Crippen LogP contribution < -0.4 is 11.1 Å². The molecule has 1 atom stereocenters. The first-order valence-electron chi connectivity index (χ1n) is 5.53. The SMILES string of the molecule is Cc1ccc(CNc2nnc(C(C)N)o2)cc1. The Hall–Kier alpha value is -1.88. The second kappa shape index (κ2) is 4.97. The maximum Gasteiger partial charge on any atom is 0.315 e. The van der Waals surface area contributed by atoms with E-state index in [1.165, 1.54) is 5.56 Å². The molecule has 1 aromatic heterocycles. The first-order chi connectivity index (χ1) is 8.15. The Morgan fingerprint density at radius 2 is 2.00 bits per heavy atom. The van der Waals surface area contributed by atoms with Gasteiger partial charge in [0.25, 0.3) is 0 Å². The first-order valence-corrected chi connectivity index (χ1v) is 5.53. The number of anilines is 1. The summed E-state index contributed by atoms with van der Waals surface area (Å²) in [5, 5.41) is 10.8. The van der Waals surface area contributed by atoms with Crippen LogP contribution in [-0.2, 0) is 6.54 Å². The fraction of sp³-hybridized carbons (Fsp3) is 0.333. The van der Waals surface area contributed by atoms with Crippen molar-refractivity contribution in [3.05, 3.63) is 41.3 Å². The molecule has 5 heteroatoms. The standard InChI is InChI=1S/C12H16N4O/c1-8-3-5-10(6-4-8)7-14-12-16-15-11(17-12)9(2)13/h3-6,9H,7,13H2,1-2H3,(H,14,16). The van der Waals surface area contributed by atoms with Crippen LogP contribution in [0.1, 0.15) is 30.0 Å². The summed E-state index contributed by atoms with van der Waals surface area (Å²) >= 11 is 0. The van der Waals surface area contributed by atoms with Crippen LogP contribution in [0.3, 0.4) is 0 Å². The van der Waals surface area contributed by atoms with Gasteiger partial charge in [0.15, 0.2) is 0 Å². The smallest absolute Gasteiger partial charge is 0.315 e. The highest BCUT2D eigenvalue weighted by atomic mass is 16.4. The van der Waals surface area contributed by atoms with Gasteiger partial charge in [-0.1, -0.05) is 34.9 Å². The zero-order valence-electron chi connectivity index (χ0n) is 9.97. The third-order valence-electron chi connectivity index (χ3n) is 2.39. The number of aryl methyl sites for hydroxylation is 1. The number of aromatic nitrogens is 2. The van der Waals surface area contributed by atoms with E-state index in [4.69, 9.17) is 10.2 Å². The molecule has 0 saturated heterocycles. The predicted molar refractivity (Wildman–Crippen MR) is 65.4 cm³/mol. The van der Waals surface area contributed by atoms with Gasteiger partial charge in [0.05, 0.1) is 6.04 Å². The fourth-order valence-corrected chi connectivity index (χ4v) is 1.37. The molecule has 0 aliphatic carbocycles. The van der Waals surface area contributed by atoms with Gasteiger partial charge in [-0.2, -0.15) is 0 Å². The van der Waals surface area contributed by atoms with Gasteiger partial charge >= 0.3 is 6.01 Å². The molecule has 1 unspecified atom stereocenters. The monoisotopic (exact) mass is 232 g/mol. The first kappa shape index (κ1) is 11.6. The minimum Gasteiger partial charge on any atom is -0.406 e. The molecule has 2 aromatic rings. The molecule has 0 saturated carbocycles. The van der Waals surface area contributed by atoms with Crippen molar-refractivity contribution in [2.24, 2.45) is 5.73 Å². The molecule has 2 rings (SSSR count). The van der Waals surface area contributed by atoms with Crippen molar-refractivity contribution in [1.82, 2.24) is 10.2 Å². The minimum absolute atomic E-state index is 0.238. The number of rotatable bonds is 4. The second-order valence-corrected chi connectivity index (χ2v) is 4.07. The van der Waals surface area contributed by atoms with Gasteiger partial charge in [0, 0.05) is 6.54 Å². The van der Waals surface area contributed by atoms with Crippen molar-refractivity contribution in [3.8, 4) is 0 Å². The Morgan fingerprint density at radius 1 is 1.29 bits per heavy atom. The zero-order valence-corrected chi connectivity index (χ0v) is 9.97. The largest absolute Gasteiger partial charge is 0.406 e. The molecule has 0 aliphatic heterocycles. The summed E-state index contributed by atoms with van der Waals surface area (Å²) in [6.07, 6.45) is 0. The van der Waals surface area contributed by atoms with Crippen LogP contribution in [0.15, 0.2) is 28.7 Å². The summed E-state index contributed by atoms with van der Waals surface area (Å²) in [5.74, 6) is 0.441. The van der Waals surface area contributed by atoms with Crippen LogP contribution in [0.4, 0.5) is 6.01 Å². The second-order valence-electron chi connectivity index (χ2n) is 4.07. The number of benzene rings is 1. The van der Waals surface area contributed by atoms with Gasteiger partial charge in [0.1, 0.15) is 0 Å². The molecule has 0 amide bonds. The van der Waals surface area contributed by atoms with Crippen LogP contribution in [0.5, 0.6) is 0 Å². The number of nitrogens with zero attached hydrogens (tertiary/aromatic N) is 2. The Morgan fingerprint density at radius 3 is 2.59 bits per heavy atom. The van der Waals surface area contributed by atoms with E-state index in [0.717, 1.165) is 5.56 Å². The average Bonchev–Trinajstić information content (AvgIpc) is 2.77. The third kappa shape index (κ3) is 3.04. The molecule has 0 fully saturated rings. The molecular weight excluding hydrogens is 216 g/mol. The van der Waals surface area contributed by atoms with Crippen LogP contribution >= 0.6 is 0 Å². The van der Waals surface area contributed by atoms with E-state index in [1.54, 1.807) is 6.92 Å². The van der Waals surface area contributed by atoms with Gasteiger partial charge in [0.2, 0.25) is 5.89 Å². The summed E-state index contributed by atoms with van der Waals surface area (Å²) in [6, 6.07) is 8.42. The maximum atomic E-state index is 5.63. The van der Waals surface area contributed by atoms with Crippen molar-refractivity contribution in [2.75, 3.05) is 5.32 Å². The molecular formula is C12H16N4O. The highest BCUT2D eigenvalue weighted by Crippen LogP contribution is 2.12. The normalized spacial score (nSPS) is 12.4. The van der Waals surface area contributed by atoms with E-state index in [-0.39, 0.29) is 6.04 Å². The molecule has 90 valence electrons. The number of hydrogen-bond acceptors (Lipinski definition) is 5. The van der Waals surface area contributed by atoms with Gasteiger partial charge in [-0.05, 0) is 19.4 Å². The lowest BCUT2D eigenvalue weighted by Crippen LogP contribution is -2.04. The summed E-state index contributed by atoms with van der Waals surface area (Å²) in [6.45, 7) is 4.52. The Kier molecular flexibility index (Phi) is 3.39. The van der Waals surface area contributed by atoms with Crippen molar-refractivity contribution in [1.29, 1.82) is 0 Å². The van der Waals surface area contributed by atoms with E-state index >= 15 is 0 Å². The lowest BCUT2D eigenvalue weighted by atomic mass is 10.1. The molecule has 5 nitrogen and oxygen atoms in total. The van der Waals surface area contributed by atoms with Crippen LogP contribution in [0.25, 0.3) is 0 Å². The topological polar surface area (TPSA) is 77.0 Å². The number of hydrogen-bond donors (Lipinski definition) is 2. The van der Waals surface area contributed by atoms with Gasteiger partial charge in [-0.3, -0.25) is 0 Å². The minimum atomic E-state index is -0.238. The summed E-state index contributed by atoms with van der Waals surface area (Å²) in [4.78, 5) is 0. The highest BCUT2D eigenvalue weighted by molar-refractivity contribution is 5.26. The van der Waals surface area contributed by atoms with Gasteiger partial charge in [-0.25, -0.2) is 0 Å². The Labute approximate surface area is 100 Å². The molecule has 1 aromatic carbocycles. The molecule has 1 heterocycles. The zero-order chi connectivity index (χ0) is 12.3. The predicted octanol–water partition coefficient (Wildman–Crippen LogP) is 2.01. The van der Waals surface area contributed by atoms with E-state index < -0.39 is 0 Å². The molecule has 0 aliphatic rings. The van der Waals surface area contributed by atoms with Gasteiger partial charge < -0.3 is 15.5 Å². The van der Waals surface area contributed by atoms with Crippen molar-refractivity contribution in [2.45, 2.75) is 26.4 Å². The summed E-state index contributed by atoms with van der Waals surface area (Å²) in [5.41, 5.74) is 8.03. The van der Waals surface area contributed by atoms with Crippen LogP contribution in [0.2, 0.25) is 0 Å². The number of nitrogens with one attached hydrogen (secondary N) is 1. The van der Waals surface area contributed by atoms with Crippen LogP contribution in [-0.4, -0.2) is 10.2 Å². The van der Waals surface area contributed by atoms with E-state index in [2.05, 4.69) is 46.7 Å². The third-order valence-corrected chi connectivity index (χ3v) is 2.39. The lowest BCUT2D eigenvalue weighted by Gasteiger charge is -2.02. The van der Waals surface area contributed by atoms with Crippen molar-refractivity contribution < 1.29 is 4.42 Å². The van der Waals surface area contributed by atoms with E-state index in [1.807, 2.05) is 0 Å². The Balaban J connectivity index is 1.95. The van der Waals surface area contributed by atoms with Crippen LogP contribution in [0, 0.1) is 6.92 Å². The average molecular weight is 232 g/mol. The summed E-state index contributed by atoms with van der Waals surface area (Å²) in [7, 11) is 0. The van der Waals surface area contributed by atoms with E-state index in [9.17, 15) is 0 Å². The maximum absolute atomic E-state index is 5.63. The molecule has 3 N–H and O–H groups in total. The van der Waals surface area contributed by atoms with Crippen molar-refractivity contribution in [3.63, 3.8) is 0 Å². The molecule has 0 radical (unpaired) electrons. The molecule has 0 bridgehead atoms. The summed E-state index contributed by atoms with van der Waals surface area (Å²) < 4.78 is 5.33. The fourth-order valence-electron chi connectivity index (χ4n) is 1.37. The number of nitrogens with two attached hydrogens (primary N) is 1. The molecule has 17 heavy (non-hydrogen) atoms. The van der Waals surface area contributed by atoms with Gasteiger partial charge in [-0.15, -0.1) is 5.10 Å². The van der Waals surface area contributed by atoms with E-state index in [0.29, 0.717) is 18.5 Å². The quantitative estimate of drug-likeness (QED) is 0.843. The lowest BCUT2D eigenvalue weighted by molar-refractivity contribution is 0.472. The van der Waals surface area contributed by atoms with Crippen molar-refractivity contribution >= 4 is 6.01 Å².